The average Bonchev–Trinajstić information content (AvgIpc) is 2.43. The topological polar surface area (TPSA) is 53.9 Å². The Balaban J connectivity index is 1.56. The number of hydrogen-bond acceptors (Lipinski definition) is 4. The predicted octanol–water partition coefficient (Wildman–Crippen LogP) is 1.88. The van der Waals surface area contributed by atoms with Crippen LogP contribution in [0.1, 0.15) is 32.1 Å². The van der Waals surface area contributed by atoms with E-state index in [9.17, 15) is 5.21 Å². The van der Waals surface area contributed by atoms with E-state index in [0.717, 1.165) is 42.5 Å². The Hall–Kier alpha value is -0.610. The molecule has 0 radical (unpaired) electrons. The van der Waals surface area contributed by atoms with Crippen LogP contribution in [0.25, 0.3) is 0 Å². The predicted molar refractivity (Wildman–Crippen MR) is 72.4 cm³/mol. The molecule has 0 aromatic carbocycles. The van der Waals surface area contributed by atoms with Gasteiger partial charge in [-0.2, -0.15) is 0 Å². The third kappa shape index (κ3) is 2.00. The van der Waals surface area contributed by atoms with Gasteiger partial charge in [-0.3, -0.25) is 0 Å². The van der Waals surface area contributed by atoms with Gasteiger partial charge in [0.2, 0.25) is 0 Å². The molecule has 5 aliphatic rings. The van der Waals surface area contributed by atoms with E-state index in [4.69, 9.17) is 4.74 Å². The average molecular weight is 264 g/mol. The van der Waals surface area contributed by atoms with Crippen molar-refractivity contribution in [2.24, 2.45) is 34.7 Å². The third-order valence-corrected chi connectivity index (χ3v) is 5.96. The smallest absolute Gasteiger partial charge is 0.0799 e. The Morgan fingerprint density at radius 1 is 1.05 bits per heavy atom. The number of ether oxygens (including phenoxy) is 1. The molecule has 19 heavy (non-hydrogen) atoms. The van der Waals surface area contributed by atoms with Crippen molar-refractivity contribution in [3.63, 3.8) is 0 Å². The van der Waals surface area contributed by atoms with Crippen LogP contribution in [0.4, 0.5) is 0 Å². The fourth-order valence-corrected chi connectivity index (χ4v) is 5.53. The zero-order valence-electron chi connectivity index (χ0n) is 11.4. The molecule has 1 aliphatic heterocycles. The second kappa shape index (κ2) is 4.74. The molecule has 0 aromatic heterocycles. The second-order valence-electron chi connectivity index (χ2n) is 7.06. The lowest BCUT2D eigenvalue weighted by Crippen LogP contribution is -2.55. The van der Waals surface area contributed by atoms with Crippen molar-refractivity contribution in [1.29, 1.82) is 0 Å². The maximum Gasteiger partial charge on any atom is 0.0799 e. The summed E-state index contributed by atoms with van der Waals surface area (Å²) in [6.07, 6.45) is 6.93. The quantitative estimate of drug-likeness (QED) is 0.455. The molecule has 1 atom stereocenters. The van der Waals surface area contributed by atoms with Gasteiger partial charge >= 0.3 is 0 Å². The largest absolute Gasteiger partial charge is 0.411 e. The number of nitrogens with zero attached hydrogens (tertiary/aromatic N) is 1. The van der Waals surface area contributed by atoms with Gasteiger partial charge in [0.25, 0.3) is 0 Å². The van der Waals surface area contributed by atoms with Gasteiger partial charge in [0, 0.05) is 12.5 Å². The van der Waals surface area contributed by atoms with Crippen molar-refractivity contribution >= 4 is 5.71 Å². The van der Waals surface area contributed by atoms with Gasteiger partial charge < -0.3 is 15.3 Å². The molecular formula is C15H24N2O2. The first-order chi connectivity index (χ1) is 9.35. The number of oxime groups is 1. The van der Waals surface area contributed by atoms with Crippen LogP contribution in [0.15, 0.2) is 5.16 Å². The molecule has 4 heteroatoms. The number of hydrogen-bond donors (Lipinski definition) is 2. The Labute approximate surface area is 114 Å². The second-order valence-corrected chi connectivity index (χ2v) is 7.06. The van der Waals surface area contributed by atoms with Crippen LogP contribution < -0.4 is 5.32 Å². The lowest BCUT2D eigenvalue weighted by molar-refractivity contribution is -0.0125. The molecule has 4 aliphatic carbocycles. The Kier molecular flexibility index (Phi) is 3.03. The summed E-state index contributed by atoms with van der Waals surface area (Å²) in [5.74, 6) is 3.98. The monoisotopic (exact) mass is 264 g/mol. The lowest BCUT2D eigenvalue weighted by atomic mass is 9.50. The number of nitrogens with one attached hydrogen (secondary N) is 1. The van der Waals surface area contributed by atoms with Crippen molar-refractivity contribution in [3.8, 4) is 0 Å². The molecule has 0 amide bonds. The molecule has 4 saturated carbocycles. The molecule has 5 fully saturated rings. The van der Waals surface area contributed by atoms with Gasteiger partial charge in [-0.25, -0.2) is 0 Å². The number of rotatable bonds is 2. The SMILES string of the molecule is O/N=C(/C1COCCN1)C1C2CC3CC(C2)CC1C3. The first-order valence-corrected chi connectivity index (χ1v) is 7.88. The van der Waals surface area contributed by atoms with Crippen LogP contribution in [0.2, 0.25) is 0 Å². The molecule has 1 saturated heterocycles. The Morgan fingerprint density at radius 2 is 1.74 bits per heavy atom. The summed E-state index contributed by atoms with van der Waals surface area (Å²) in [7, 11) is 0. The first kappa shape index (κ1) is 12.2. The highest BCUT2D eigenvalue weighted by Gasteiger charge is 2.51. The van der Waals surface area contributed by atoms with Crippen molar-refractivity contribution in [2.45, 2.75) is 38.1 Å². The summed E-state index contributed by atoms with van der Waals surface area (Å²) in [6.45, 7) is 2.32. The van der Waals surface area contributed by atoms with Crippen molar-refractivity contribution < 1.29 is 9.94 Å². The van der Waals surface area contributed by atoms with Crippen LogP contribution in [-0.2, 0) is 4.74 Å². The maximum absolute atomic E-state index is 9.56. The molecule has 4 nitrogen and oxygen atoms in total. The van der Waals surface area contributed by atoms with Gasteiger partial charge in [0.15, 0.2) is 0 Å². The minimum atomic E-state index is 0.140. The molecule has 0 aromatic rings. The van der Waals surface area contributed by atoms with E-state index in [-0.39, 0.29) is 6.04 Å². The van der Waals surface area contributed by atoms with Crippen LogP contribution in [0.3, 0.4) is 0 Å². The molecular weight excluding hydrogens is 240 g/mol. The molecule has 106 valence electrons. The standard InChI is InChI=1S/C15H24N2O2/c18-17-15(13-8-19-2-1-16-13)14-11-4-9-3-10(6-11)7-12(14)5-9/h9-14,16,18H,1-8H2/b17-15-. The van der Waals surface area contributed by atoms with E-state index in [1.165, 1.54) is 32.1 Å². The third-order valence-electron chi connectivity index (χ3n) is 5.96. The van der Waals surface area contributed by atoms with E-state index in [0.29, 0.717) is 12.5 Å². The normalized spacial score (nSPS) is 49.6. The molecule has 1 unspecified atom stereocenters. The highest BCUT2D eigenvalue weighted by molar-refractivity contribution is 5.92. The minimum Gasteiger partial charge on any atom is -0.411 e. The van der Waals surface area contributed by atoms with Crippen LogP contribution in [0.5, 0.6) is 0 Å². The Morgan fingerprint density at radius 3 is 2.26 bits per heavy atom. The van der Waals surface area contributed by atoms with Crippen LogP contribution in [0, 0.1) is 29.6 Å². The first-order valence-electron chi connectivity index (χ1n) is 7.88. The summed E-state index contributed by atoms with van der Waals surface area (Å²) in [6, 6.07) is 0.140. The summed E-state index contributed by atoms with van der Waals surface area (Å²) >= 11 is 0. The van der Waals surface area contributed by atoms with E-state index in [1.807, 2.05) is 0 Å². The zero-order valence-corrected chi connectivity index (χ0v) is 11.4. The molecule has 5 rings (SSSR count). The Bertz CT molecular complexity index is 348. The van der Waals surface area contributed by atoms with Gasteiger partial charge in [0.1, 0.15) is 0 Å². The van der Waals surface area contributed by atoms with Crippen molar-refractivity contribution in [3.05, 3.63) is 0 Å². The summed E-state index contributed by atoms with van der Waals surface area (Å²) in [5.41, 5.74) is 0.994. The van der Waals surface area contributed by atoms with E-state index in [2.05, 4.69) is 10.5 Å². The van der Waals surface area contributed by atoms with Gasteiger partial charge in [-0.05, 0) is 55.8 Å². The van der Waals surface area contributed by atoms with E-state index in [1.54, 1.807) is 0 Å². The minimum absolute atomic E-state index is 0.140. The van der Waals surface area contributed by atoms with Crippen LogP contribution >= 0.6 is 0 Å². The van der Waals surface area contributed by atoms with Gasteiger partial charge in [-0.1, -0.05) is 5.16 Å². The highest BCUT2D eigenvalue weighted by atomic mass is 16.5. The van der Waals surface area contributed by atoms with Crippen LogP contribution in [-0.4, -0.2) is 36.7 Å². The summed E-state index contributed by atoms with van der Waals surface area (Å²) in [4.78, 5) is 0. The molecule has 1 heterocycles. The fraction of sp³-hybridized carbons (Fsp3) is 0.933. The molecule has 2 N–H and O–H groups in total. The molecule has 0 spiro atoms. The van der Waals surface area contributed by atoms with E-state index < -0.39 is 0 Å². The number of morpholine rings is 1. The highest BCUT2D eigenvalue weighted by Crippen LogP contribution is 2.57. The lowest BCUT2D eigenvalue weighted by Gasteiger charge is -2.55. The molecule has 4 bridgehead atoms. The van der Waals surface area contributed by atoms with Gasteiger partial charge in [0.05, 0.1) is 25.0 Å². The maximum atomic E-state index is 9.56. The summed E-state index contributed by atoms with van der Waals surface area (Å²) < 4.78 is 5.55. The summed E-state index contributed by atoms with van der Waals surface area (Å²) in [5, 5.41) is 16.8. The van der Waals surface area contributed by atoms with Gasteiger partial charge in [-0.15, -0.1) is 0 Å². The zero-order chi connectivity index (χ0) is 12.8. The fourth-order valence-electron chi connectivity index (χ4n) is 5.53. The van der Waals surface area contributed by atoms with E-state index >= 15 is 0 Å². The van der Waals surface area contributed by atoms with Crippen molar-refractivity contribution in [2.75, 3.05) is 19.8 Å². The van der Waals surface area contributed by atoms with Crippen molar-refractivity contribution in [1.82, 2.24) is 5.32 Å².